The van der Waals surface area contributed by atoms with E-state index >= 15 is 0 Å². The zero-order valence-electron chi connectivity index (χ0n) is 71.0. The molecule has 42 nitrogen and oxygen atoms in total. The second-order valence-electron chi connectivity index (χ2n) is 30.6. The van der Waals surface area contributed by atoms with Crippen LogP contribution in [0.5, 0.6) is 0 Å². The largest absolute Gasteiger partial charge is 0.445 e. The number of nitrogens with two attached hydrogens (primary N) is 3. The van der Waals surface area contributed by atoms with Crippen LogP contribution in [0.15, 0.2) is 30.3 Å². The molecule has 0 aromatic heterocycles. The molecule has 5 amide bonds. The summed E-state index contributed by atoms with van der Waals surface area (Å²) in [6, 6.07) is 6.24. The van der Waals surface area contributed by atoms with Crippen LogP contribution in [0.3, 0.4) is 0 Å². The number of nitrogens with one attached hydrogen (secondary N) is 6. The molecule has 17 unspecified atom stereocenters. The van der Waals surface area contributed by atoms with E-state index < -0.39 is 141 Å². The Bertz CT molecular complexity index is 2770. The molecule has 3 heterocycles. The van der Waals surface area contributed by atoms with Gasteiger partial charge in [0, 0.05) is 70.2 Å². The first kappa shape index (κ1) is 108. The molecule has 0 aliphatic carbocycles. The highest BCUT2D eigenvalue weighted by Crippen LogP contribution is 2.35. The molecule has 0 radical (unpaired) electrons. The number of aliphatic hydroxyl groups excluding tert-OH is 10. The maximum absolute atomic E-state index is 14.0. The minimum Gasteiger partial charge on any atom is -0.445 e. The third-order valence-corrected chi connectivity index (χ3v) is 19.9. The number of carbonyl (C=O) groups is 5. The molecule has 1 aromatic carbocycles. The smallest absolute Gasteiger partial charge is 0.407 e. The minimum atomic E-state index is -1.37. The van der Waals surface area contributed by atoms with Gasteiger partial charge in [-0.3, -0.25) is 24.5 Å². The molecule has 0 bridgehead atoms. The van der Waals surface area contributed by atoms with Crippen LogP contribution in [-0.2, 0) is 111 Å². The fourth-order valence-electron chi connectivity index (χ4n) is 12.2. The van der Waals surface area contributed by atoms with Crippen LogP contribution in [0, 0.1) is 5.41 Å². The van der Waals surface area contributed by atoms with Gasteiger partial charge in [0.05, 0.1) is 190 Å². The van der Waals surface area contributed by atoms with Gasteiger partial charge >= 0.3 is 6.09 Å². The Kier molecular flexibility index (Phi) is 57.3. The average molecular weight is 1750 g/mol. The van der Waals surface area contributed by atoms with Crippen LogP contribution in [0.1, 0.15) is 117 Å². The normalized spacial score (nSPS) is 24.5. The Balaban J connectivity index is 1.25. The lowest BCUT2D eigenvalue weighted by Gasteiger charge is -2.41. The van der Waals surface area contributed by atoms with Crippen LogP contribution in [0.25, 0.3) is 0 Å². The molecule has 121 heavy (non-hydrogen) atoms. The fourth-order valence-corrected chi connectivity index (χ4v) is 12.2. The summed E-state index contributed by atoms with van der Waals surface area (Å²) in [7, 11) is 0. The van der Waals surface area contributed by atoms with Crippen LogP contribution >= 0.6 is 0 Å². The summed E-state index contributed by atoms with van der Waals surface area (Å²) >= 11 is 0. The van der Waals surface area contributed by atoms with Gasteiger partial charge < -0.3 is 180 Å². The molecule has 17 atom stereocenters. The number of unbranched alkanes of at least 4 members (excludes halogenated alkanes) is 7. The first-order chi connectivity index (χ1) is 58.2. The number of hydrogen-bond acceptors (Lipinski definition) is 37. The van der Waals surface area contributed by atoms with E-state index in [1.165, 1.54) is 0 Å². The molecule has 1 aromatic rings. The Morgan fingerprint density at radius 2 is 0.752 bits per heavy atom. The number of rotatable bonds is 71. The van der Waals surface area contributed by atoms with Gasteiger partial charge in [0.2, 0.25) is 23.6 Å². The number of amides is 5. The average Bonchev–Trinajstić information content (AvgIpc) is 0.823. The van der Waals surface area contributed by atoms with Crippen LogP contribution in [0.4, 0.5) is 4.79 Å². The summed E-state index contributed by atoms with van der Waals surface area (Å²) < 4.78 is 102. The Hall–Kier alpha value is -4.87. The maximum atomic E-state index is 14.0. The molecule has 0 spiro atoms. The number of alkyl carbamates (subject to hydrolysis) is 1. The Labute approximate surface area is 709 Å². The maximum Gasteiger partial charge on any atom is 0.407 e. The van der Waals surface area contributed by atoms with Gasteiger partial charge in [0.15, 0.2) is 24.7 Å². The molecule has 4 rings (SSSR count). The highest BCUT2D eigenvalue weighted by atomic mass is 16.7. The highest BCUT2D eigenvalue weighted by molar-refractivity contribution is 5.77. The van der Waals surface area contributed by atoms with Gasteiger partial charge in [0.1, 0.15) is 73.3 Å². The third kappa shape index (κ3) is 45.4. The van der Waals surface area contributed by atoms with Gasteiger partial charge in [-0.1, -0.05) is 89.6 Å². The van der Waals surface area contributed by atoms with E-state index in [-0.39, 0.29) is 234 Å². The van der Waals surface area contributed by atoms with Gasteiger partial charge in [-0.25, -0.2) is 4.79 Å². The molecule has 3 fully saturated rings. The zero-order valence-corrected chi connectivity index (χ0v) is 71.0. The SMILES string of the molecule is CC(C)(C)C(C)(OCCNC(=O)CCCCCCCCCCC(=O)NC(COCCC(=O)NCCOCCOCCOC1OC(CO)C(O)C(O)C1N)(COCCC(=O)NCCOCCOCCOC1OC(CO)C(O)C(O)C1N)COCCC(O)NCCOCCOCCOC1OC(CO)C(O)C(O)C1N)OCCNC(=O)OCc1ccccc1. The molecular weight excluding hydrogens is 1600 g/mol. The van der Waals surface area contributed by atoms with Crippen molar-refractivity contribution in [1.29, 1.82) is 0 Å². The lowest BCUT2D eigenvalue weighted by molar-refractivity contribution is -0.276. The molecule has 0 saturated carbocycles. The monoisotopic (exact) mass is 1750 g/mol. The number of ether oxygens (including phenoxy) is 18. The van der Waals surface area contributed by atoms with E-state index in [0.29, 0.717) is 25.8 Å². The standard InChI is InChI=1S/C79H145N9O33/c1-77(2,3)78(4,118-35-27-87-76(103)116-51-55-16-12-11-13-17-55)117-34-26-86-59(92)18-14-9-7-5-6-8-10-15-19-63(96)88-79(52-110-28-20-60(93)83-23-31-104-36-39-107-42-45-113-73-64(80)70(100)67(97)56(48-89)119-73,53-111-29-21-61(94)84-24-32-105-37-40-108-43-46-114-74-65(81)71(101)68(98)57(49-90)120-74)54-112-30-22-62(95)85-25-33-106-38-41-109-44-47-115-75-66(82)72(102)69(99)58(50-91)121-75/h11-13,16-17,56-58,60,64-75,83,89-91,93,97-102H,5-10,14-15,18-54,80-82H2,1-4H3,(H,84,94)(H,85,95)(H,86,92)(H,87,103)(H,88,96). The molecular formula is C79H145N9O33. The summed E-state index contributed by atoms with van der Waals surface area (Å²) in [6.07, 6.45) is -9.15. The van der Waals surface area contributed by atoms with Crippen molar-refractivity contribution in [2.75, 3.05) is 205 Å². The number of carbonyl (C=O) groups excluding carboxylic acids is 5. The second-order valence-corrected chi connectivity index (χ2v) is 30.6. The van der Waals surface area contributed by atoms with Gasteiger partial charge in [-0.2, -0.15) is 0 Å². The molecule has 704 valence electrons. The summed E-state index contributed by atoms with van der Waals surface area (Å²) in [5.41, 5.74) is 16.8. The predicted octanol–water partition coefficient (Wildman–Crippen LogP) is -4.61. The van der Waals surface area contributed by atoms with Crippen molar-refractivity contribution >= 4 is 29.7 Å². The highest BCUT2D eigenvalue weighted by Gasteiger charge is 2.46. The van der Waals surface area contributed by atoms with E-state index in [4.69, 9.17) is 102 Å². The number of hydrogen-bond donors (Lipinski definition) is 19. The van der Waals surface area contributed by atoms with Crippen molar-refractivity contribution in [3.05, 3.63) is 35.9 Å². The summed E-state index contributed by atoms with van der Waals surface area (Å²) in [5, 5.41) is 117. The molecule has 22 N–H and O–H groups in total. The summed E-state index contributed by atoms with van der Waals surface area (Å²) in [5.74, 6) is -2.13. The van der Waals surface area contributed by atoms with Crippen molar-refractivity contribution in [2.24, 2.45) is 22.6 Å². The minimum absolute atomic E-state index is 0.00278. The second kappa shape index (κ2) is 64.0. The number of aliphatic hydroxyl groups is 10. The third-order valence-electron chi connectivity index (χ3n) is 19.9. The Morgan fingerprint density at radius 1 is 0.405 bits per heavy atom. The fraction of sp³-hybridized carbons (Fsp3) is 0.861. The van der Waals surface area contributed by atoms with E-state index in [2.05, 4.69) is 31.9 Å². The topological polar surface area (TPSA) is 604 Å². The quantitative estimate of drug-likeness (QED) is 0.0215. The van der Waals surface area contributed by atoms with E-state index in [1.54, 1.807) is 0 Å². The first-order valence-corrected chi connectivity index (χ1v) is 42.1. The van der Waals surface area contributed by atoms with Gasteiger partial charge in [0.25, 0.3) is 0 Å². The van der Waals surface area contributed by atoms with Crippen LogP contribution < -0.4 is 49.1 Å². The molecule has 3 aliphatic heterocycles. The Morgan fingerprint density at radius 3 is 1.16 bits per heavy atom. The zero-order chi connectivity index (χ0) is 88.5. The van der Waals surface area contributed by atoms with Gasteiger partial charge in [-0.15, -0.1) is 0 Å². The lowest BCUT2D eigenvalue weighted by Crippen LogP contribution is -2.62. The van der Waals surface area contributed by atoms with E-state index in [9.17, 15) is 75.0 Å². The summed E-state index contributed by atoms with van der Waals surface area (Å²) in [4.78, 5) is 65.2. The first-order valence-electron chi connectivity index (χ1n) is 42.1. The van der Waals surface area contributed by atoms with Crippen LogP contribution in [0.2, 0.25) is 0 Å². The van der Waals surface area contributed by atoms with Crippen molar-refractivity contribution in [1.82, 2.24) is 31.9 Å². The van der Waals surface area contributed by atoms with Crippen molar-refractivity contribution in [3.8, 4) is 0 Å². The molecule has 42 heteroatoms. The molecule has 3 aliphatic rings. The van der Waals surface area contributed by atoms with Crippen LogP contribution in [-0.4, -0.2) is 395 Å². The molecule has 3 saturated heterocycles. The number of benzene rings is 1. The van der Waals surface area contributed by atoms with Gasteiger partial charge in [-0.05, 0) is 25.3 Å². The van der Waals surface area contributed by atoms with Crippen molar-refractivity contribution in [3.63, 3.8) is 0 Å². The van der Waals surface area contributed by atoms with Crippen molar-refractivity contribution in [2.45, 2.75) is 227 Å². The summed E-state index contributed by atoms with van der Waals surface area (Å²) in [6.45, 7) is 9.19. The van der Waals surface area contributed by atoms with E-state index in [1.807, 2.05) is 58.0 Å². The predicted molar refractivity (Wildman–Crippen MR) is 431 cm³/mol. The van der Waals surface area contributed by atoms with E-state index in [0.717, 1.165) is 44.1 Å². The lowest BCUT2D eigenvalue weighted by atomic mass is 9.86. The van der Waals surface area contributed by atoms with Crippen molar-refractivity contribution < 1.29 is 160 Å².